The third-order valence-corrected chi connectivity index (χ3v) is 3.52. The molecular weight excluding hydrogens is 282 g/mol. The summed E-state index contributed by atoms with van der Waals surface area (Å²) in [5.74, 6) is -1.04. The van der Waals surface area contributed by atoms with Crippen LogP contribution >= 0.6 is 11.6 Å². The highest BCUT2D eigenvalue weighted by Gasteiger charge is 2.45. The molecule has 1 N–H and O–H groups in total. The fourth-order valence-electron chi connectivity index (χ4n) is 2.32. The Morgan fingerprint density at radius 2 is 2.05 bits per heavy atom. The van der Waals surface area contributed by atoms with Crippen LogP contribution in [0.4, 0.5) is 4.79 Å². The zero-order valence-corrected chi connectivity index (χ0v) is 11.8. The van der Waals surface area contributed by atoms with E-state index in [1.54, 1.807) is 24.3 Å². The Balaban J connectivity index is 2.17. The molecule has 1 aliphatic rings. The third kappa shape index (κ3) is 3.04. The van der Waals surface area contributed by atoms with Gasteiger partial charge < -0.3 is 9.84 Å². The molecule has 2 rings (SSSR count). The SMILES string of the molecule is CCC[C@@H]1OC(=O)N(Cc2ccc(Cl)cc2)[C@H]1C(=O)O. The molecule has 1 aliphatic heterocycles. The van der Waals surface area contributed by atoms with Crippen LogP contribution in [0.25, 0.3) is 0 Å². The first-order valence-corrected chi connectivity index (χ1v) is 6.85. The largest absolute Gasteiger partial charge is 0.480 e. The third-order valence-electron chi connectivity index (χ3n) is 3.27. The van der Waals surface area contributed by atoms with Crippen molar-refractivity contribution >= 4 is 23.7 Å². The molecule has 5 nitrogen and oxygen atoms in total. The smallest absolute Gasteiger partial charge is 0.411 e. The first-order valence-electron chi connectivity index (χ1n) is 6.47. The van der Waals surface area contributed by atoms with Crippen LogP contribution in [-0.4, -0.2) is 34.2 Å². The van der Waals surface area contributed by atoms with Gasteiger partial charge in [0.15, 0.2) is 6.04 Å². The first-order chi connectivity index (χ1) is 9.52. The van der Waals surface area contributed by atoms with Gasteiger partial charge in [-0.05, 0) is 24.1 Å². The number of cyclic esters (lactones) is 1. The van der Waals surface area contributed by atoms with Gasteiger partial charge in [0.25, 0.3) is 0 Å². The number of ether oxygens (including phenoxy) is 1. The molecule has 0 radical (unpaired) electrons. The molecule has 108 valence electrons. The van der Waals surface area contributed by atoms with Gasteiger partial charge in [-0.3, -0.25) is 4.90 Å². The topological polar surface area (TPSA) is 66.8 Å². The molecule has 1 fully saturated rings. The van der Waals surface area contributed by atoms with Crippen LogP contribution < -0.4 is 0 Å². The van der Waals surface area contributed by atoms with Gasteiger partial charge in [-0.15, -0.1) is 0 Å². The quantitative estimate of drug-likeness (QED) is 0.907. The summed E-state index contributed by atoms with van der Waals surface area (Å²) in [5, 5.41) is 9.92. The number of hydrogen-bond donors (Lipinski definition) is 1. The summed E-state index contributed by atoms with van der Waals surface area (Å²) in [7, 11) is 0. The summed E-state index contributed by atoms with van der Waals surface area (Å²) in [4.78, 5) is 24.5. The second-order valence-electron chi connectivity index (χ2n) is 4.75. The maximum Gasteiger partial charge on any atom is 0.411 e. The Morgan fingerprint density at radius 3 is 2.60 bits per heavy atom. The number of nitrogens with zero attached hydrogens (tertiary/aromatic N) is 1. The van der Waals surface area contributed by atoms with E-state index in [1.807, 2.05) is 6.92 Å². The van der Waals surface area contributed by atoms with E-state index in [-0.39, 0.29) is 6.54 Å². The molecule has 0 bridgehead atoms. The summed E-state index contributed by atoms with van der Waals surface area (Å²) < 4.78 is 5.16. The number of carbonyl (C=O) groups is 2. The van der Waals surface area contributed by atoms with E-state index < -0.39 is 24.2 Å². The molecular formula is C14H16ClNO4. The van der Waals surface area contributed by atoms with Gasteiger partial charge in [0.2, 0.25) is 0 Å². The minimum atomic E-state index is -1.04. The second-order valence-corrected chi connectivity index (χ2v) is 5.18. The van der Waals surface area contributed by atoms with E-state index in [9.17, 15) is 14.7 Å². The van der Waals surface area contributed by atoms with Crippen LogP contribution in [0, 0.1) is 0 Å². The molecule has 6 heteroatoms. The molecule has 0 aromatic heterocycles. The van der Waals surface area contributed by atoms with Crippen LogP contribution in [0.1, 0.15) is 25.3 Å². The second kappa shape index (κ2) is 6.13. The normalized spacial score (nSPS) is 21.9. The predicted molar refractivity (Wildman–Crippen MR) is 73.6 cm³/mol. The average Bonchev–Trinajstić information content (AvgIpc) is 2.69. The number of rotatable bonds is 5. The van der Waals surface area contributed by atoms with Crippen LogP contribution in [0.5, 0.6) is 0 Å². The van der Waals surface area contributed by atoms with Gasteiger partial charge in [-0.1, -0.05) is 37.1 Å². The summed E-state index contributed by atoms with van der Waals surface area (Å²) in [5.41, 5.74) is 0.815. The van der Waals surface area contributed by atoms with Crippen LogP contribution in [0.3, 0.4) is 0 Å². The molecule has 1 aromatic rings. The fourth-order valence-corrected chi connectivity index (χ4v) is 2.44. The standard InChI is InChI=1S/C14H16ClNO4/c1-2-3-11-12(13(17)18)16(14(19)20-11)8-9-4-6-10(15)7-5-9/h4-7,11-12H,2-3,8H2,1H3,(H,17,18)/t11-,12+/m0/s1. The van der Waals surface area contributed by atoms with Crippen LogP contribution in [0.2, 0.25) is 5.02 Å². The zero-order chi connectivity index (χ0) is 14.7. The van der Waals surface area contributed by atoms with Crippen molar-refractivity contribution in [2.24, 2.45) is 0 Å². The number of carbonyl (C=O) groups excluding carboxylic acids is 1. The molecule has 0 spiro atoms. The maximum atomic E-state index is 11.9. The molecule has 2 atom stereocenters. The van der Waals surface area contributed by atoms with Crippen molar-refractivity contribution in [3.63, 3.8) is 0 Å². The molecule has 1 aromatic carbocycles. The van der Waals surface area contributed by atoms with E-state index in [0.29, 0.717) is 11.4 Å². The van der Waals surface area contributed by atoms with Crippen molar-refractivity contribution < 1.29 is 19.4 Å². The molecule has 0 aliphatic carbocycles. The number of hydrogen-bond acceptors (Lipinski definition) is 3. The van der Waals surface area contributed by atoms with E-state index in [2.05, 4.69) is 0 Å². The summed E-state index contributed by atoms with van der Waals surface area (Å²) >= 11 is 5.80. The van der Waals surface area contributed by atoms with Crippen LogP contribution in [0.15, 0.2) is 24.3 Å². The van der Waals surface area contributed by atoms with Gasteiger partial charge in [-0.2, -0.15) is 0 Å². The minimum absolute atomic E-state index is 0.202. The lowest BCUT2D eigenvalue weighted by Gasteiger charge is -2.20. The molecule has 1 heterocycles. The molecule has 1 amide bonds. The Hall–Kier alpha value is -1.75. The van der Waals surface area contributed by atoms with Gasteiger partial charge in [0.1, 0.15) is 6.10 Å². The number of carboxylic acids is 1. The minimum Gasteiger partial charge on any atom is -0.480 e. The first kappa shape index (κ1) is 14.7. The monoisotopic (exact) mass is 297 g/mol. The van der Waals surface area contributed by atoms with Crippen molar-refractivity contribution in [2.75, 3.05) is 0 Å². The molecule has 20 heavy (non-hydrogen) atoms. The Morgan fingerprint density at radius 1 is 1.40 bits per heavy atom. The number of amides is 1. The number of benzene rings is 1. The molecule has 0 unspecified atom stereocenters. The van der Waals surface area contributed by atoms with E-state index >= 15 is 0 Å². The van der Waals surface area contributed by atoms with Gasteiger partial charge in [-0.25, -0.2) is 9.59 Å². The fraction of sp³-hybridized carbons (Fsp3) is 0.429. The van der Waals surface area contributed by atoms with E-state index in [1.165, 1.54) is 4.90 Å². The van der Waals surface area contributed by atoms with E-state index in [4.69, 9.17) is 16.3 Å². The zero-order valence-electron chi connectivity index (χ0n) is 11.1. The number of carboxylic acid groups (broad SMARTS) is 1. The summed E-state index contributed by atoms with van der Waals surface area (Å²) in [6.45, 7) is 2.13. The maximum absolute atomic E-state index is 11.9. The van der Waals surface area contributed by atoms with Crippen molar-refractivity contribution in [3.8, 4) is 0 Å². The number of aliphatic carboxylic acids is 1. The predicted octanol–water partition coefficient (Wildman–Crippen LogP) is 2.91. The molecule has 1 saturated heterocycles. The highest BCUT2D eigenvalue weighted by atomic mass is 35.5. The number of halogens is 1. The van der Waals surface area contributed by atoms with Gasteiger partial charge in [0.05, 0.1) is 6.54 Å². The lowest BCUT2D eigenvalue weighted by molar-refractivity contribution is -0.143. The van der Waals surface area contributed by atoms with Crippen molar-refractivity contribution in [1.82, 2.24) is 4.90 Å². The Kier molecular flexibility index (Phi) is 4.49. The van der Waals surface area contributed by atoms with E-state index in [0.717, 1.165) is 12.0 Å². The van der Waals surface area contributed by atoms with Gasteiger partial charge >= 0.3 is 12.1 Å². The van der Waals surface area contributed by atoms with Crippen LogP contribution in [-0.2, 0) is 16.1 Å². The Labute approximate surface area is 122 Å². The summed E-state index contributed by atoms with van der Waals surface area (Å²) in [6, 6.07) is 6.01. The molecule has 0 saturated carbocycles. The lowest BCUT2D eigenvalue weighted by Crippen LogP contribution is -2.42. The van der Waals surface area contributed by atoms with Crippen molar-refractivity contribution in [2.45, 2.75) is 38.5 Å². The van der Waals surface area contributed by atoms with Gasteiger partial charge in [0, 0.05) is 5.02 Å². The highest BCUT2D eigenvalue weighted by molar-refractivity contribution is 6.30. The Bertz CT molecular complexity index is 502. The average molecular weight is 298 g/mol. The summed E-state index contributed by atoms with van der Waals surface area (Å²) in [6.07, 6.45) is 0.138. The van der Waals surface area contributed by atoms with Crippen molar-refractivity contribution in [1.29, 1.82) is 0 Å². The highest BCUT2D eigenvalue weighted by Crippen LogP contribution is 2.25. The lowest BCUT2D eigenvalue weighted by atomic mass is 10.1. The van der Waals surface area contributed by atoms with Crippen molar-refractivity contribution in [3.05, 3.63) is 34.9 Å².